The van der Waals surface area contributed by atoms with Crippen LogP contribution in [0.25, 0.3) is 0 Å². The van der Waals surface area contributed by atoms with Gasteiger partial charge >= 0.3 is 0 Å². The maximum atomic E-state index is 4.37. The first-order valence-corrected chi connectivity index (χ1v) is 5.97. The van der Waals surface area contributed by atoms with Gasteiger partial charge in [0.05, 0.1) is 5.69 Å². The summed E-state index contributed by atoms with van der Waals surface area (Å²) < 4.78 is 1.86. The van der Waals surface area contributed by atoms with Gasteiger partial charge in [0.25, 0.3) is 0 Å². The molecule has 84 valence electrons. The van der Waals surface area contributed by atoms with E-state index in [1.165, 1.54) is 25.7 Å². The van der Waals surface area contributed by atoms with Crippen molar-refractivity contribution in [1.82, 2.24) is 15.1 Å². The highest BCUT2D eigenvalue weighted by Crippen LogP contribution is 2.23. The molecule has 15 heavy (non-hydrogen) atoms. The fourth-order valence-electron chi connectivity index (χ4n) is 2.41. The second-order valence-corrected chi connectivity index (χ2v) is 4.73. The van der Waals surface area contributed by atoms with Crippen molar-refractivity contribution in [2.75, 3.05) is 0 Å². The van der Waals surface area contributed by atoms with Crippen molar-refractivity contribution in [3.63, 3.8) is 0 Å². The predicted octanol–water partition coefficient (Wildman–Crippen LogP) is 2.09. The third-order valence-corrected chi connectivity index (χ3v) is 3.43. The molecule has 0 aromatic carbocycles. The first-order valence-electron chi connectivity index (χ1n) is 5.97. The molecule has 1 saturated carbocycles. The van der Waals surface area contributed by atoms with Crippen molar-refractivity contribution in [1.29, 1.82) is 0 Å². The van der Waals surface area contributed by atoms with Gasteiger partial charge in [-0.15, -0.1) is 0 Å². The molecular weight excluding hydrogens is 186 g/mol. The summed E-state index contributed by atoms with van der Waals surface area (Å²) in [5, 5.41) is 8.00. The highest BCUT2D eigenvalue weighted by atomic mass is 15.3. The quantitative estimate of drug-likeness (QED) is 0.822. The largest absolute Gasteiger partial charge is 0.308 e. The number of hydrogen-bond donors (Lipinski definition) is 1. The van der Waals surface area contributed by atoms with Crippen LogP contribution in [-0.2, 0) is 13.6 Å². The van der Waals surface area contributed by atoms with Crippen molar-refractivity contribution < 1.29 is 0 Å². The molecule has 0 aliphatic heterocycles. The average Bonchev–Trinajstić information content (AvgIpc) is 2.63. The fourth-order valence-corrected chi connectivity index (χ4v) is 2.41. The van der Waals surface area contributed by atoms with Crippen LogP contribution in [0.4, 0.5) is 0 Å². The topological polar surface area (TPSA) is 29.9 Å². The number of nitrogens with one attached hydrogen (secondary N) is 1. The van der Waals surface area contributed by atoms with Crippen LogP contribution in [0, 0.1) is 5.92 Å². The predicted molar refractivity (Wildman–Crippen MR) is 61.5 cm³/mol. The zero-order valence-corrected chi connectivity index (χ0v) is 9.74. The summed E-state index contributed by atoms with van der Waals surface area (Å²) in [6.45, 7) is 3.27. The van der Waals surface area contributed by atoms with Crippen molar-refractivity contribution in [3.05, 3.63) is 18.0 Å². The second kappa shape index (κ2) is 4.79. The van der Waals surface area contributed by atoms with E-state index in [4.69, 9.17) is 0 Å². The summed E-state index contributed by atoms with van der Waals surface area (Å²) in [7, 11) is 1.97. The molecule has 2 atom stereocenters. The Labute approximate surface area is 91.9 Å². The molecule has 1 fully saturated rings. The maximum Gasteiger partial charge on any atom is 0.0762 e. The van der Waals surface area contributed by atoms with E-state index in [1.807, 2.05) is 17.9 Å². The van der Waals surface area contributed by atoms with Gasteiger partial charge in [0.1, 0.15) is 0 Å². The van der Waals surface area contributed by atoms with E-state index in [0.717, 1.165) is 18.2 Å². The second-order valence-electron chi connectivity index (χ2n) is 4.73. The summed E-state index contributed by atoms with van der Waals surface area (Å²) in [4.78, 5) is 0. The lowest BCUT2D eigenvalue weighted by Gasteiger charge is -2.29. The summed E-state index contributed by atoms with van der Waals surface area (Å²) in [6.07, 6.45) is 7.49. The molecule has 0 bridgehead atoms. The minimum absolute atomic E-state index is 0.695. The Morgan fingerprint density at radius 1 is 1.47 bits per heavy atom. The van der Waals surface area contributed by atoms with Gasteiger partial charge in [0.15, 0.2) is 0 Å². The van der Waals surface area contributed by atoms with Crippen molar-refractivity contribution in [2.24, 2.45) is 13.0 Å². The summed E-state index contributed by atoms with van der Waals surface area (Å²) in [5.74, 6) is 0.822. The van der Waals surface area contributed by atoms with E-state index >= 15 is 0 Å². The number of nitrogens with zero attached hydrogens (tertiary/aromatic N) is 2. The van der Waals surface area contributed by atoms with Gasteiger partial charge in [-0.3, -0.25) is 4.68 Å². The highest BCUT2D eigenvalue weighted by molar-refractivity contribution is 4.98. The molecule has 2 rings (SSSR count). The Balaban J connectivity index is 1.81. The normalized spacial score (nSPS) is 26.8. The highest BCUT2D eigenvalue weighted by Gasteiger charge is 2.20. The van der Waals surface area contributed by atoms with Crippen LogP contribution in [0.5, 0.6) is 0 Å². The molecule has 1 aliphatic rings. The van der Waals surface area contributed by atoms with E-state index in [-0.39, 0.29) is 0 Å². The molecule has 1 heterocycles. The fraction of sp³-hybridized carbons (Fsp3) is 0.750. The summed E-state index contributed by atoms with van der Waals surface area (Å²) >= 11 is 0. The molecule has 3 heteroatoms. The minimum atomic E-state index is 0.695. The standard InChI is InChI=1S/C12H21N3/c1-10-5-3-4-6-12(10)13-9-11-7-8-15(2)14-11/h7-8,10,12-13H,3-6,9H2,1-2H3. The first-order chi connectivity index (χ1) is 7.25. The number of hydrogen-bond acceptors (Lipinski definition) is 2. The lowest BCUT2D eigenvalue weighted by molar-refractivity contribution is 0.278. The Hall–Kier alpha value is -0.830. The van der Waals surface area contributed by atoms with Gasteiger partial charge in [0.2, 0.25) is 0 Å². The lowest BCUT2D eigenvalue weighted by atomic mass is 9.86. The molecule has 1 aliphatic carbocycles. The first kappa shape index (κ1) is 10.7. The number of rotatable bonds is 3. The van der Waals surface area contributed by atoms with Crippen molar-refractivity contribution in [3.8, 4) is 0 Å². The summed E-state index contributed by atoms with van der Waals surface area (Å²) in [6, 6.07) is 2.78. The molecule has 3 nitrogen and oxygen atoms in total. The Morgan fingerprint density at radius 2 is 2.27 bits per heavy atom. The van der Waals surface area contributed by atoms with E-state index in [9.17, 15) is 0 Å². The van der Waals surface area contributed by atoms with Gasteiger partial charge in [-0.25, -0.2) is 0 Å². The molecule has 0 saturated heterocycles. The van der Waals surface area contributed by atoms with Crippen LogP contribution in [0.2, 0.25) is 0 Å². The smallest absolute Gasteiger partial charge is 0.0762 e. The Morgan fingerprint density at radius 3 is 2.93 bits per heavy atom. The Bertz CT molecular complexity index is 306. The van der Waals surface area contributed by atoms with Crippen molar-refractivity contribution in [2.45, 2.75) is 45.2 Å². The van der Waals surface area contributed by atoms with Crippen LogP contribution >= 0.6 is 0 Å². The van der Waals surface area contributed by atoms with Crippen LogP contribution in [0.15, 0.2) is 12.3 Å². The molecule has 0 radical (unpaired) electrons. The number of aromatic nitrogens is 2. The average molecular weight is 207 g/mol. The van der Waals surface area contributed by atoms with Gasteiger partial charge < -0.3 is 5.32 Å². The Kier molecular flexibility index (Phi) is 3.41. The monoisotopic (exact) mass is 207 g/mol. The molecule has 0 amide bonds. The van der Waals surface area contributed by atoms with Gasteiger partial charge in [-0.2, -0.15) is 5.10 Å². The zero-order valence-electron chi connectivity index (χ0n) is 9.74. The number of aryl methyl sites for hydroxylation is 1. The summed E-state index contributed by atoms with van der Waals surface area (Å²) in [5.41, 5.74) is 1.15. The zero-order chi connectivity index (χ0) is 10.7. The molecule has 0 spiro atoms. The van der Waals surface area contributed by atoms with Crippen LogP contribution in [0.1, 0.15) is 38.3 Å². The molecule has 1 N–H and O–H groups in total. The van der Waals surface area contributed by atoms with Crippen LogP contribution in [-0.4, -0.2) is 15.8 Å². The van der Waals surface area contributed by atoms with Gasteiger partial charge in [0, 0.05) is 25.8 Å². The van der Waals surface area contributed by atoms with E-state index < -0.39 is 0 Å². The molecule has 2 unspecified atom stereocenters. The van der Waals surface area contributed by atoms with Crippen LogP contribution in [0.3, 0.4) is 0 Å². The maximum absolute atomic E-state index is 4.37. The van der Waals surface area contributed by atoms with Gasteiger partial charge in [-0.05, 0) is 24.8 Å². The molecule has 1 aromatic rings. The van der Waals surface area contributed by atoms with Gasteiger partial charge in [-0.1, -0.05) is 19.8 Å². The third-order valence-electron chi connectivity index (χ3n) is 3.43. The van der Waals surface area contributed by atoms with E-state index in [0.29, 0.717) is 6.04 Å². The minimum Gasteiger partial charge on any atom is -0.308 e. The third kappa shape index (κ3) is 2.81. The van der Waals surface area contributed by atoms with E-state index in [2.05, 4.69) is 23.4 Å². The van der Waals surface area contributed by atoms with Crippen molar-refractivity contribution >= 4 is 0 Å². The SMILES string of the molecule is CC1CCCCC1NCc1ccn(C)n1. The lowest BCUT2D eigenvalue weighted by Crippen LogP contribution is -2.36. The molecular formula is C12H21N3. The van der Waals surface area contributed by atoms with E-state index in [1.54, 1.807) is 0 Å². The molecule has 1 aromatic heterocycles. The van der Waals surface area contributed by atoms with Crippen LogP contribution < -0.4 is 5.32 Å².